The normalized spacial score (nSPS) is 18.4. The number of hydrogen-bond acceptors (Lipinski definition) is 4. The molecule has 3 rings (SSSR count). The van der Waals surface area contributed by atoms with E-state index in [1.807, 2.05) is 30.3 Å². The average Bonchev–Trinajstić information content (AvgIpc) is 2.77. The van der Waals surface area contributed by atoms with Gasteiger partial charge in [0.05, 0.1) is 25.9 Å². The van der Waals surface area contributed by atoms with E-state index >= 15 is 0 Å². The van der Waals surface area contributed by atoms with Gasteiger partial charge >= 0.3 is 0 Å². The van der Waals surface area contributed by atoms with E-state index in [-0.39, 0.29) is 5.92 Å². The lowest BCUT2D eigenvalue weighted by Crippen LogP contribution is -2.45. The van der Waals surface area contributed by atoms with Gasteiger partial charge in [0.2, 0.25) is 0 Å². The number of rotatable bonds is 9. The third kappa shape index (κ3) is 5.59. The molecule has 0 saturated carbocycles. The molecule has 0 aliphatic carbocycles. The zero-order valence-corrected chi connectivity index (χ0v) is 18.0. The van der Waals surface area contributed by atoms with Gasteiger partial charge in [-0.05, 0) is 42.0 Å². The Morgan fingerprint density at radius 1 is 1.03 bits per heavy atom. The second-order valence-electron chi connectivity index (χ2n) is 8.46. The summed E-state index contributed by atoms with van der Waals surface area (Å²) in [6.45, 7) is 8.58. The van der Waals surface area contributed by atoms with Gasteiger partial charge in [-0.25, -0.2) is 0 Å². The van der Waals surface area contributed by atoms with Crippen LogP contribution >= 0.6 is 0 Å². The maximum Gasteiger partial charge on any atom is 0.118 e. The monoisotopic (exact) mass is 397 g/mol. The maximum absolute atomic E-state index is 12.2. The zero-order chi connectivity index (χ0) is 20.7. The van der Waals surface area contributed by atoms with E-state index in [0.29, 0.717) is 5.92 Å². The Bertz CT molecular complexity index is 725. The van der Waals surface area contributed by atoms with Crippen molar-refractivity contribution in [2.45, 2.75) is 38.2 Å². The first-order chi connectivity index (χ1) is 14.0. The lowest BCUT2D eigenvalue weighted by molar-refractivity contribution is -0.0311. The van der Waals surface area contributed by atoms with Crippen LogP contribution in [0.4, 0.5) is 0 Å². The SMILES string of the molecule is COc1ccc([C@](O)(CCC(C)C)[C@@H](CN2CCOCC2)c2ccccc2)cc1. The quantitative estimate of drug-likeness (QED) is 0.679. The molecule has 1 heterocycles. The fourth-order valence-corrected chi connectivity index (χ4v) is 4.17. The van der Waals surface area contributed by atoms with E-state index in [9.17, 15) is 5.11 Å². The first-order valence-electron chi connectivity index (χ1n) is 10.7. The number of nitrogens with zero attached hydrogens (tertiary/aromatic N) is 1. The van der Waals surface area contributed by atoms with E-state index in [0.717, 1.165) is 57.0 Å². The Hall–Kier alpha value is -1.88. The third-order valence-corrected chi connectivity index (χ3v) is 6.02. The molecule has 2 atom stereocenters. The van der Waals surface area contributed by atoms with Gasteiger partial charge in [-0.3, -0.25) is 4.90 Å². The minimum atomic E-state index is -0.948. The summed E-state index contributed by atoms with van der Waals surface area (Å²) >= 11 is 0. The highest BCUT2D eigenvalue weighted by molar-refractivity contribution is 5.35. The van der Waals surface area contributed by atoms with E-state index in [1.165, 1.54) is 5.56 Å². The van der Waals surface area contributed by atoms with Gasteiger partial charge in [-0.15, -0.1) is 0 Å². The van der Waals surface area contributed by atoms with Crippen molar-refractivity contribution < 1.29 is 14.6 Å². The number of ether oxygens (including phenoxy) is 2. The van der Waals surface area contributed by atoms with Crippen molar-refractivity contribution in [1.82, 2.24) is 4.90 Å². The molecular weight excluding hydrogens is 362 g/mol. The second kappa shape index (κ2) is 10.2. The van der Waals surface area contributed by atoms with Crippen LogP contribution in [0.15, 0.2) is 54.6 Å². The largest absolute Gasteiger partial charge is 0.497 e. The maximum atomic E-state index is 12.2. The Kier molecular flexibility index (Phi) is 7.70. The fourth-order valence-electron chi connectivity index (χ4n) is 4.17. The van der Waals surface area contributed by atoms with E-state index < -0.39 is 5.60 Å². The molecule has 1 N–H and O–H groups in total. The number of morpholine rings is 1. The summed E-state index contributed by atoms with van der Waals surface area (Å²) in [4.78, 5) is 2.42. The molecule has 4 heteroatoms. The van der Waals surface area contributed by atoms with Crippen molar-refractivity contribution in [1.29, 1.82) is 0 Å². The Morgan fingerprint density at radius 2 is 1.69 bits per heavy atom. The topological polar surface area (TPSA) is 41.9 Å². The summed E-state index contributed by atoms with van der Waals surface area (Å²) in [5.41, 5.74) is 1.19. The van der Waals surface area contributed by atoms with Crippen LogP contribution in [0.3, 0.4) is 0 Å². The predicted molar refractivity (Wildman–Crippen MR) is 117 cm³/mol. The van der Waals surface area contributed by atoms with Gasteiger partial charge < -0.3 is 14.6 Å². The van der Waals surface area contributed by atoms with Crippen molar-refractivity contribution in [3.63, 3.8) is 0 Å². The van der Waals surface area contributed by atoms with Gasteiger partial charge in [0.25, 0.3) is 0 Å². The molecule has 0 aromatic heterocycles. The molecule has 158 valence electrons. The molecule has 0 spiro atoms. The van der Waals surface area contributed by atoms with Gasteiger partial charge in [-0.1, -0.05) is 56.3 Å². The van der Waals surface area contributed by atoms with Crippen molar-refractivity contribution in [3.8, 4) is 5.75 Å². The van der Waals surface area contributed by atoms with Crippen LogP contribution in [0.25, 0.3) is 0 Å². The lowest BCUT2D eigenvalue weighted by Gasteiger charge is -2.41. The molecule has 0 amide bonds. The van der Waals surface area contributed by atoms with E-state index in [2.05, 4.69) is 43.0 Å². The van der Waals surface area contributed by atoms with Crippen LogP contribution in [0, 0.1) is 5.92 Å². The lowest BCUT2D eigenvalue weighted by atomic mass is 9.73. The van der Waals surface area contributed by atoms with Gasteiger partial charge in [0.15, 0.2) is 0 Å². The first-order valence-corrected chi connectivity index (χ1v) is 10.7. The van der Waals surface area contributed by atoms with Crippen LogP contribution in [0.5, 0.6) is 5.75 Å². The zero-order valence-electron chi connectivity index (χ0n) is 18.0. The van der Waals surface area contributed by atoms with Crippen LogP contribution in [-0.4, -0.2) is 50.0 Å². The predicted octanol–water partition coefficient (Wildman–Crippen LogP) is 4.44. The molecule has 2 aromatic rings. The number of methoxy groups -OCH3 is 1. The molecule has 0 radical (unpaired) electrons. The third-order valence-electron chi connectivity index (χ3n) is 6.02. The number of aliphatic hydroxyl groups is 1. The minimum Gasteiger partial charge on any atom is -0.497 e. The van der Waals surface area contributed by atoms with Crippen LogP contribution in [0.1, 0.15) is 43.7 Å². The Balaban J connectivity index is 1.99. The van der Waals surface area contributed by atoms with Crippen LogP contribution < -0.4 is 4.74 Å². The molecule has 2 aromatic carbocycles. The summed E-state index contributed by atoms with van der Waals surface area (Å²) in [6, 6.07) is 18.4. The molecular formula is C25H35NO3. The summed E-state index contributed by atoms with van der Waals surface area (Å²) < 4.78 is 10.9. The standard InChI is InChI=1S/C25H35NO3/c1-20(2)13-14-25(27,22-9-11-23(28-3)12-10-22)24(21-7-5-4-6-8-21)19-26-15-17-29-18-16-26/h4-12,20,24,27H,13-19H2,1-3H3/t24-,25+/m0/s1. The molecule has 29 heavy (non-hydrogen) atoms. The number of benzene rings is 2. The minimum absolute atomic E-state index is 0.0195. The smallest absolute Gasteiger partial charge is 0.118 e. The molecule has 1 aliphatic heterocycles. The Labute approximate surface area is 175 Å². The molecule has 0 unspecified atom stereocenters. The van der Waals surface area contributed by atoms with Gasteiger partial charge in [0.1, 0.15) is 5.75 Å². The summed E-state index contributed by atoms with van der Waals surface area (Å²) in [5.74, 6) is 1.32. The fraction of sp³-hybridized carbons (Fsp3) is 0.520. The molecule has 1 saturated heterocycles. The van der Waals surface area contributed by atoms with Crippen LogP contribution in [-0.2, 0) is 10.3 Å². The first kappa shape index (κ1) is 21.8. The van der Waals surface area contributed by atoms with Crippen molar-refractivity contribution in [3.05, 3.63) is 65.7 Å². The van der Waals surface area contributed by atoms with Crippen molar-refractivity contribution in [2.75, 3.05) is 40.0 Å². The van der Waals surface area contributed by atoms with Gasteiger partial charge in [0, 0.05) is 25.6 Å². The van der Waals surface area contributed by atoms with Crippen molar-refractivity contribution >= 4 is 0 Å². The highest BCUT2D eigenvalue weighted by atomic mass is 16.5. The Morgan fingerprint density at radius 3 is 2.28 bits per heavy atom. The molecule has 0 bridgehead atoms. The van der Waals surface area contributed by atoms with Gasteiger partial charge in [-0.2, -0.15) is 0 Å². The van der Waals surface area contributed by atoms with E-state index in [1.54, 1.807) is 7.11 Å². The summed E-state index contributed by atoms with van der Waals surface area (Å²) in [7, 11) is 1.67. The molecule has 1 fully saturated rings. The average molecular weight is 398 g/mol. The van der Waals surface area contributed by atoms with Crippen LogP contribution in [0.2, 0.25) is 0 Å². The highest BCUT2D eigenvalue weighted by Crippen LogP contribution is 2.42. The van der Waals surface area contributed by atoms with Crippen molar-refractivity contribution in [2.24, 2.45) is 5.92 Å². The summed E-state index contributed by atoms with van der Waals surface area (Å²) in [5, 5.41) is 12.2. The molecule has 4 nitrogen and oxygen atoms in total. The highest BCUT2D eigenvalue weighted by Gasteiger charge is 2.40. The second-order valence-corrected chi connectivity index (χ2v) is 8.46. The van der Waals surface area contributed by atoms with E-state index in [4.69, 9.17) is 9.47 Å². The summed E-state index contributed by atoms with van der Waals surface area (Å²) in [6.07, 6.45) is 1.69. The number of hydrogen-bond donors (Lipinski definition) is 1. The molecule has 1 aliphatic rings.